The highest BCUT2D eigenvalue weighted by molar-refractivity contribution is 5.21. The first-order chi connectivity index (χ1) is 6.36. The summed E-state index contributed by atoms with van der Waals surface area (Å²) >= 11 is 0. The van der Waals surface area contributed by atoms with Gasteiger partial charge in [-0.2, -0.15) is 5.10 Å². The van der Waals surface area contributed by atoms with Crippen LogP contribution in [0.25, 0.3) is 0 Å². The first-order valence-electron chi connectivity index (χ1n) is 5.14. The zero-order valence-corrected chi connectivity index (χ0v) is 9.83. The van der Waals surface area contributed by atoms with Crippen molar-refractivity contribution >= 4 is 0 Å². The van der Waals surface area contributed by atoms with Crippen LogP contribution in [0.5, 0.6) is 0 Å². The van der Waals surface area contributed by atoms with Gasteiger partial charge in [-0.05, 0) is 17.4 Å². The first-order valence-corrected chi connectivity index (χ1v) is 5.14. The Morgan fingerprint density at radius 1 is 1.50 bits per heavy atom. The van der Waals surface area contributed by atoms with Crippen LogP contribution >= 0.6 is 0 Å². The van der Waals surface area contributed by atoms with Gasteiger partial charge in [-0.15, -0.1) is 0 Å². The molecule has 80 valence electrons. The fraction of sp³-hybridized carbons (Fsp3) is 0.727. The number of aryl methyl sites for hydroxylation is 2. The minimum Gasteiger partial charge on any atom is -0.322 e. The second kappa shape index (κ2) is 3.73. The van der Waals surface area contributed by atoms with Gasteiger partial charge in [0.25, 0.3) is 0 Å². The van der Waals surface area contributed by atoms with Crippen LogP contribution in [0, 0.1) is 5.41 Å². The molecule has 14 heavy (non-hydrogen) atoms. The molecule has 0 saturated heterocycles. The Morgan fingerprint density at radius 2 is 2.07 bits per heavy atom. The van der Waals surface area contributed by atoms with Gasteiger partial charge in [0.2, 0.25) is 0 Å². The number of aromatic nitrogens is 2. The number of nitrogens with two attached hydrogens (primary N) is 1. The normalized spacial score (nSPS) is 14.4. The summed E-state index contributed by atoms with van der Waals surface area (Å²) < 4.78 is 1.85. The van der Waals surface area contributed by atoms with Crippen LogP contribution in [0.2, 0.25) is 0 Å². The average Bonchev–Trinajstić information content (AvgIpc) is 2.43. The van der Waals surface area contributed by atoms with Gasteiger partial charge in [0.05, 0.1) is 11.7 Å². The lowest BCUT2D eigenvalue weighted by atomic mass is 9.84. The largest absolute Gasteiger partial charge is 0.322 e. The number of hydrogen-bond acceptors (Lipinski definition) is 2. The molecule has 0 bridgehead atoms. The van der Waals surface area contributed by atoms with Crippen LogP contribution in [-0.4, -0.2) is 9.78 Å². The van der Waals surface area contributed by atoms with Crippen molar-refractivity contribution in [3.63, 3.8) is 0 Å². The molecule has 0 radical (unpaired) electrons. The van der Waals surface area contributed by atoms with E-state index in [2.05, 4.69) is 39.0 Å². The molecular formula is C11H21N3. The summed E-state index contributed by atoms with van der Waals surface area (Å²) in [5.41, 5.74) is 8.56. The lowest BCUT2D eigenvalue weighted by molar-refractivity contribution is 0.318. The standard InChI is InChI=1S/C11H21N3/c1-6-8-7-14(5)13-9(8)10(12)11(2,3)4/h7,10H,6,12H2,1-5H3/t10-/m0/s1. The molecule has 0 spiro atoms. The molecule has 0 saturated carbocycles. The van der Waals surface area contributed by atoms with Crippen molar-refractivity contribution < 1.29 is 0 Å². The molecule has 0 unspecified atom stereocenters. The summed E-state index contributed by atoms with van der Waals surface area (Å²) in [7, 11) is 1.94. The minimum atomic E-state index is 0.0126. The Balaban J connectivity index is 3.05. The molecule has 0 fully saturated rings. The molecule has 0 aliphatic carbocycles. The molecule has 1 aromatic rings. The topological polar surface area (TPSA) is 43.8 Å². The van der Waals surface area contributed by atoms with E-state index >= 15 is 0 Å². The zero-order valence-electron chi connectivity index (χ0n) is 9.83. The van der Waals surface area contributed by atoms with Gasteiger partial charge >= 0.3 is 0 Å². The highest BCUT2D eigenvalue weighted by atomic mass is 15.3. The van der Waals surface area contributed by atoms with Crippen LogP contribution in [0.1, 0.15) is 45.0 Å². The van der Waals surface area contributed by atoms with E-state index in [-0.39, 0.29) is 11.5 Å². The predicted molar refractivity (Wildman–Crippen MR) is 59.0 cm³/mol. The van der Waals surface area contributed by atoms with Gasteiger partial charge in [-0.3, -0.25) is 4.68 Å². The van der Waals surface area contributed by atoms with Gasteiger partial charge in [0.1, 0.15) is 0 Å². The fourth-order valence-corrected chi connectivity index (χ4v) is 1.50. The Hall–Kier alpha value is -0.830. The van der Waals surface area contributed by atoms with Crippen molar-refractivity contribution in [1.29, 1.82) is 0 Å². The van der Waals surface area contributed by atoms with Crippen molar-refractivity contribution in [2.75, 3.05) is 0 Å². The van der Waals surface area contributed by atoms with E-state index in [0.29, 0.717) is 0 Å². The highest BCUT2D eigenvalue weighted by Crippen LogP contribution is 2.31. The average molecular weight is 195 g/mol. The molecule has 1 aromatic heterocycles. The van der Waals surface area contributed by atoms with E-state index in [9.17, 15) is 0 Å². The van der Waals surface area contributed by atoms with Crippen LogP contribution in [0.15, 0.2) is 6.20 Å². The zero-order chi connectivity index (χ0) is 10.9. The van der Waals surface area contributed by atoms with Gasteiger partial charge in [-0.25, -0.2) is 0 Å². The van der Waals surface area contributed by atoms with Crippen molar-refractivity contribution in [3.05, 3.63) is 17.5 Å². The van der Waals surface area contributed by atoms with Crippen LogP contribution in [0.4, 0.5) is 0 Å². The molecule has 1 heterocycles. The van der Waals surface area contributed by atoms with Crippen molar-refractivity contribution in [1.82, 2.24) is 9.78 Å². The van der Waals surface area contributed by atoms with Crippen molar-refractivity contribution in [2.45, 2.75) is 40.2 Å². The van der Waals surface area contributed by atoms with Gasteiger partial charge in [0, 0.05) is 13.2 Å². The molecule has 0 aliphatic rings. The summed E-state index contributed by atoms with van der Waals surface area (Å²) in [5.74, 6) is 0. The molecule has 1 atom stereocenters. The van der Waals surface area contributed by atoms with Crippen LogP contribution < -0.4 is 5.73 Å². The smallest absolute Gasteiger partial charge is 0.0828 e. The van der Waals surface area contributed by atoms with Crippen molar-refractivity contribution in [2.24, 2.45) is 18.2 Å². The Labute approximate surface area is 86.3 Å². The number of rotatable bonds is 2. The number of nitrogens with zero attached hydrogens (tertiary/aromatic N) is 2. The van der Waals surface area contributed by atoms with Gasteiger partial charge in [0.15, 0.2) is 0 Å². The summed E-state index contributed by atoms with van der Waals surface area (Å²) in [6.07, 6.45) is 3.05. The second-order valence-corrected chi connectivity index (χ2v) is 4.91. The van der Waals surface area contributed by atoms with Gasteiger partial charge in [-0.1, -0.05) is 27.7 Å². The third-order valence-electron chi connectivity index (χ3n) is 2.55. The van der Waals surface area contributed by atoms with E-state index in [1.807, 2.05) is 11.7 Å². The molecule has 3 nitrogen and oxygen atoms in total. The maximum absolute atomic E-state index is 6.19. The quantitative estimate of drug-likeness (QED) is 0.784. The minimum absolute atomic E-state index is 0.0126. The highest BCUT2D eigenvalue weighted by Gasteiger charge is 2.26. The summed E-state index contributed by atoms with van der Waals surface area (Å²) in [4.78, 5) is 0. The van der Waals surface area contributed by atoms with Crippen LogP contribution in [-0.2, 0) is 13.5 Å². The van der Waals surface area contributed by atoms with E-state index in [4.69, 9.17) is 5.73 Å². The summed E-state index contributed by atoms with van der Waals surface area (Å²) in [6, 6.07) is 0.0126. The maximum Gasteiger partial charge on any atom is 0.0828 e. The first kappa shape index (κ1) is 11.2. The Bertz CT molecular complexity index is 307. The van der Waals surface area contributed by atoms with E-state index in [1.165, 1.54) is 5.56 Å². The fourth-order valence-electron chi connectivity index (χ4n) is 1.50. The molecule has 0 aromatic carbocycles. The molecule has 1 rings (SSSR count). The maximum atomic E-state index is 6.19. The lowest BCUT2D eigenvalue weighted by Crippen LogP contribution is -2.27. The molecular weight excluding hydrogens is 174 g/mol. The second-order valence-electron chi connectivity index (χ2n) is 4.91. The molecule has 0 amide bonds. The Morgan fingerprint density at radius 3 is 2.50 bits per heavy atom. The summed E-state index contributed by atoms with van der Waals surface area (Å²) in [5, 5.41) is 4.44. The molecule has 3 heteroatoms. The van der Waals surface area contributed by atoms with Crippen molar-refractivity contribution in [3.8, 4) is 0 Å². The third-order valence-corrected chi connectivity index (χ3v) is 2.55. The van der Waals surface area contributed by atoms with E-state index in [1.54, 1.807) is 0 Å². The molecule has 2 N–H and O–H groups in total. The Kier molecular flexibility index (Phi) is 3.00. The number of hydrogen-bond donors (Lipinski definition) is 1. The lowest BCUT2D eigenvalue weighted by Gasteiger charge is -2.26. The van der Waals surface area contributed by atoms with E-state index in [0.717, 1.165) is 12.1 Å². The predicted octanol–water partition coefficient (Wildman–Crippen LogP) is 2.03. The monoisotopic (exact) mass is 195 g/mol. The third kappa shape index (κ3) is 2.15. The van der Waals surface area contributed by atoms with Gasteiger partial charge < -0.3 is 5.73 Å². The van der Waals surface area contributed by atoms with E-state index < -0.39 is 0 Å². The SMILES string of the molecule is CCc1cn(C)nc1[C@H](N)C(C)(C)C. The summed E-state index contributed by atoms with van der Waals surface area (Å²) in [6.45, 7) is 8.57. The van der Waals surface area contributed by atoms with Crippen LogP contribution in [0.3, 0.4) is 0 Å². The molecule has 0 aliphatic heterocycles.